The molecule has 1 atom stereocenters. The summed E-state index contributed by atoms with van der Waals surface area (Å²) in [7, 11) is 0. The van der Waals surface area contributed by atoms with Gasteiger partial charge in [-0.25, -0.2) is 0 Å². The summed E-state index contributed by atoms with van der Waals surface area (Å²) in [6.07, 6.45) is 6.28. The molecule has 3 rings (SSSR count). The Hall–Kier alpha value is -2.04. The van der Waals surface area contributed by atoms with Crippen molar-refractivity contribution in [2.75, 3.05) is 32.8 Å². The standard InChI is InChI=1S/C24H36N2O3/c1-20(2)16-22(27)26-15-9-12-24(18-26,19-29-21-10-5-3-6-11-21)17-23(28)25-13-7-4-8-14-25/h3,5-6,10-11,20H,4,7-9,12-19H2,1-2H3. The second kappa shape index (κ2) is 10.1. The van der Waals surface area contributed by atoms with Crippen molar-refractivity contribution in [3.05, 3.63) is 30.3 Å². The monoisotopic (exact) mass is 400 g/mol. The van der Waals surface area contributed by atoms with Crippen molar-refractivity contribution < 1.29 is 14.3 Å². The van der Waals surface area contributed by atoms with Crippen molar-refractivity contribution in [1.29, 1.82) is 0 Å². The molecule has 1 unspecified atom stereocenters. The third-order valence-corrected chi connectivity index (χ3v) is 6.12. The van der Waals surface area contributed by atoms with Crippen LogP contribution in [0.4, 0.5) is 0 Å². The Morgan fingerprint density at radius 2 is 1.66 bits per heavy atom. The summed E-state index contributed by atoms with van der Waals surface area (Å²) in [5.74, 6) is 1.59. The lowest BCUT2D eigenvalue weighted by Crippen LogP contribution is -2.51. The SMILES string of the molecule is CC(C)CC(=O)N1CCCC(COc2ccccc2)(CC(=O)N2CCCCC2)C1. The molecule has 1 aromatic rings. The van der Waals surface area contributed by atoms with Gasteiger partial charge in [-0.3, -0.25) is 9.59 Å². The lowest BCUT2D eigenvalue weighted by molar-refractivity contribution is -0.142. The minimum absolute atomic E-state index is 0.203. The van der Waals surface area contributed by atoms with Gasteiger partial charge in [0.25, 0.3) is 0 Å². The van der Waals surface area contributed by atoms with Crippen LogP contribution in [0.25, 0.3) is 0 Å². The lowest BCUT2D eigenvalue weighted by atomic mass is 9.77. The van der Waals surface area contributed by atoms with Crippen LogP contribution in [-0.4, -0.2) is 54.4 Å². The summed E-state index contributed by atoms with van der Waals surface area (Å²) in [6.45, 7) is 7.76. The molecule has 5 nitrogen and oxygen atoms in total. The lowest BCUT2D eigenvalue weighted by Gasteiger charge is -2.43. The van der Waals surface area contributed by atoms with E-state index in [4.69, 9.17) is 4.74 Å². The molecule has 29 heavy (non-hydrogen) atoms. The van der Waals surface area contributed by atoms with Gasteiger partial charge in [0.2, 0.25) is 11.8 Å². The van der Waals surface area contributed by atoms with Crippen LogP contribution < -0.4 is 4.74 Å². The molecule has 2 fully saturated rings. The Labute approximate surface area is 175 Å². The first-order chi connectivity index (χ1) is 14.0. The molecule has 2 saturated heterocycles. The highest BCUT2D eigenvalue weighted by atomic mass is 16.5. The van der Waals surface area contributed by atoms with E-state index in [-0.39, 0.29) is 17.2 Å². The van der Waals surface area contributed by atoms with Gasteiger partial charge in [-0.1, -0.05) is 32.0 Å². The zero-order valence-electron chi connectivity index (χ0n) is 18.1. The van der Waals surface area contributed by atoms with Crippen LogP contribution in [-0.2, 0) is 9.59 Å². The molecule has 2 aliphatic rings. The fourth-order valence-electron chi connectivity index (χ4n) is 4.54. The third kappa shape index (κ3) is 6.22. The highest BCUT2D eigenvalue weighted by molar-refractivity contribution is 5.78. The predicted octanol–water partition coefficient (Wildman–Crippen LogP) is 4.12. The van der Waals surface area contributed by atoms with E-state index in [2.05, 4.69) is 13.8 Å². The topological polar surface area (TPSA) is 49.9 Å². The number of benzene rings is 1. The second-order valence-electron chi connectivity index (χ2n) is 9.24. The summed E-state index contributed by atoms with van der Waals surface area (Å²) in [4.78, 5) is 29.8. The van der Waals surface area contributed by atoms with Gasteiger partial charge in [0, 0.05) is 44.4 Å². The largest absolute Gasteiger partial charge is 0.493 e. The van der Waals surface area contributed by atoms with E-state index < -0.39 is 0 Å². The van der Waals surface area contributed by atoms with E-state index in [0.29, 0.717) is 31.9 Å². The number of ether oxygens (including phenoxy) is 1. The molecule has 5 heteroatoms. The molecule has 2 aliphatic heterocycles. The number of carbonyl (C=O) groups excluding carboxylic acids is 2. The van der Waals surface area contributed by atoms with Gasteiger partial charge in [0.15, 0.2) is 0 Å². The Morgan fingerprint density at radius 3 is 2.34 bits per heavy atom. The Kier molecular flexibility index (Phi) is 7.57. The number of rotatable bonds is 7. The molecule has 0 radical (unpaired) electrons. The number of hydrogen-bond donors (Lipinski definition) is 0. The zero-order chi connectivity index (χ0) is 20.7. The molecular formula is C24H36N2O3. The number of hydrogen-bond acceptors (Lipinski definition) is 3. The van der Waals surface area contributed by atoms with E-state index >= 15 is 0 Å². The molecule has 0 spiro atoms. The summed E-state index contributed by atoms with van der Waals surface area (Å²) >= 11 is 0. The first kappa shape index (κ1) is 21.7. The second-order valence-corrected chi connectivity index (χ2v) is 9.24. The summed E-state index contributed by atoms with van der Waals surface area (Å²) in [5, 5.41) is 0. The van der Waals surface area contributed by atoms with Gasteiger partial charge >= 0.3 is 0 Å². The molecule has 2 heterocycles. The molecule has 1 aromatic carbocycles. The summed E-state index contributed by atoms with van der Waals surface area (Å²) < 4.78 is 6.14. The molecule has 160 valence electrons. The average Bonchev–Trinajstić information content (AvgIpc) is 2.73. The van der Waals surface area contributed by atoms with Crippen LogP contribution >= 0.6 is 0 Å². The minimum atomic E-state index is -0.310. The maximum atomic E-state index is 13.1. The van der Waals surface area contributed by atoms with Crippen LogP contribution in [0, 0.1) is 11.3 Å². The van der Waals surface area contributed by atoms with E-state index in [1.54, 1.807) is 0 Å². The molecular weight excluding hydrogens is 364 g/mol. The third-order valence-electron chi connectivity index (χ3n) is 6.12. The molecule has 2 amide bonds. The van der Waals surface area contributed by atoms with Crippen molar-refractivity contribution in [3.8, 4) is 5.75 Å². The predicted molar refractivity (Wildman–Crippen MR) is 115 cm³/mol. The zero-order valence-corrected chi connectivity index (χ0v) is 18.1. The molecule has 0 aromatic heterocycles. The summed E-state index contributed by atoms with van der Waals surface area (Å²) in [6, 6.07) is 9.78. The first-order valence-corrected chi connectivity index (χ1v) is 11.2. The Bertz CT molecular complexity index is 670. The van der Waals surface area contributed by atoms with Crippen LogP contribution in [0.15, 0.2) is 30.3 Å². The number of carbonyl (C=O) groups is 2. The molecule has 0 aliphatic carbocycles. The highest BCUT2D eigenvalue weighted by Gasteiger charge is 2.41. The highest BCUT2D eigenvalue weighted by Crippen LogP contribution is 2.36. The normalized spacial score (nSPS) is 22.6. The van der Waals surface area contributed by atoms with Gasteiger partial charge in [-0.15, -0.1) is 0 Å². The van der Waals surface area contributed by atoms with Crippen molar-refractivity contribution in [2.24, 2.45) is 11.3 Å². The number of piperidine rings is 2. The smallest absolute Gasteiger partial charge is 0.223 e. The number of likely N-dealkylation sites (tertiary alicyclic amines) is 2. The summed E-state index contributed by atoms with van der Waals surface area (Å²) in [5.41, 5.74) is -0.310. The maximum Gasteiger partial charge on any atom is 0.223 e. The average molecular weight is 401 g/mol. The quantitative estimate of drug-likeness (QED) is 0.692. The molecule has 0 saturated carbocycles. The number of nitrogens with zero attached hydrogens (tertiary/aromatic N) is 2. The number of amides is 2. The Balaban J connectivity index is 1.72. The van der Waals surface area contributed by atoms with Crippen LogP contribution in [0.5, 0.6) is 5.75 Å². The van der Waals surface area contributed by atoms with Gasteiger partial charge < -0.3 is 14.5 Å². The van der Waals surface area contributed by atoms with Gasteiger partial charge in [-0.2, -0.15) is 0 Å². The van der Waals surface area contributed by atoms with Crippen LogP contribution in [0.2, 0.25) is 0 Å². The van der Waals surface area contributed by atoms with Crippen molar-refractivity contribution in [3.63, 3.8) is 0 Å². The van der Waals surface area contributed by atoms with E-state index in [0.717, 1.165) is 51.1 Å². The van der Waals surface area contributed by atoms with Crippen LogP contribution in [0.3, 0.4) is 0 Å². The maximum absolute atomic E-state index is 13.1. The van der Waals surface area contributed by atoms with Crippen molar-refractivity contribution in [1.82, 2.24) is 9.80 Å². The van der Waals surface area contributed by atoms with Gasteiger partial charge in [-0.05, 0) is 50.2 Å². The van der Waals surface area contributed by atoms with E-state index in [9.17, 15) is 9.59 Å². The van der Waals surface area contributed by atoms with E-state index in [1.165, 1.54) is 6.42 Å². The number of para-hydroxylation sites is 1. The first-order valence-electron chi connectivity index (χ1n) is 11.2. The van der Waals surface area contributed by atoms with E-state index in [1.807, 2.05) is 40.1 Å². The minimum Gasteiger partial charge on any atom is -0.493 e. The van der Waals surface area contributed by atoms with Crippen molar-refractivity contribution >= 4 is 11.8 Å². The van der Waals surface area contributed by atoms with Gasteiger partial charge in [0.1, 0.15) is 5.75 Å². The van der Waals surface area contributed by atoms with Crippen molar-refractivity contribution in [2.45, 2.75) is 58.8 Å². The van der Waals surface area contributed by atoms with Gasteiger partial charge in [0.05, 0.1) is 6.61 Å². The fraction of sp³-hybridized carbons (Fsp3) is 0.667. The fourth-order valence-corrected chi connectivity index (χ4v) is 4.54. The Morgan fingerprint density at radius 1 is 0.966 bits per heavy atom. The molecule has 0 N–H and O–H groups in total. The molecule has 0 bridgehead atoms. The van der Waals surface area contributed by atoms with Crippen LogP contribution in [0.1, 0.15) is 58.8 Å².